The summed E-state index contributed by atoms with van der Waals surface area (Å²) in [5.74, 6) is -0.374. The topological polar surface area (TPSA) is 46.6 Å². The van der Waals surface area contributed by atoms with E-state index in [1.165, 1.54) is 5.56 Å². The van der Waals surface area contributed by atoms with Crippen LogP contribution >= 0.6 is 0 Å². The summed E-state index contributed by atoms with van der Waals surface area (Å²) < 4.78 is 5.00. The molecule has 0 radical (unpaired) electrons. The molecule has 1 aromatic carbocycles. The molecule has 0 aliphatic heterocycles. The average Bonchev–Trinajstić information content (AvgIpc) is 2.47. The van der Waals surface area contributed by atoms with Crippen molar-refractivity contribution in [2.75, 3.05) is 13.2 Å². The number of esters is 1. The van der Waals surface area contributed by atoms with E-state index < -0.39 is 0 Å². The smallest absolute Gasteiger partial charge is 0.325 e. The van der Waals surface area contributed by atoms with Gasteiger partial charge in [0, 0.05) is 6.04 Å². The van der Waals surface area contributed by atoms with Gasteiger partial charge in [0.25, 0.3) is 0 Å². The maximum absolute atomic E-state index is 12.8. The molecule has 0 heterocycles. The first-order chi connectivity index (χ1) is 10.8. The maximum Gasteiger partial charge on any atom is 0.325 e. The highest BCUT2D eigenvalue weighted by Gasteiger charge is 2.23. The fraction of sp³-hybridized carbons (Fsp3) is 0.579. The molecule has 1 unspecified atom stereocenters. The van der Waals surface area contributed by atoms with Crippen molar-refractivity contribution in [3.63, 3.8) is 0 Å². The third-order valence-corrected chi connectivity index (χ3v) is 4.22. The second-order valence-corrected chi connectivity index (χ2v) is 6.14. The SMILES string of the molecule is CCOC(=O)CN(C(=O)Cc1c(C)cc(C)cc1C)C(C)CC. The summed E-state index contributed by atoms with van der Waals surface area (Å²) in [5, 5.41) is 0. The Morgan fingerprint density at radius 1 is 1.13 bits per heavy atom. The van der Waals surface area contributed by atoms with Crippen LogP contribution in [0.1, 0.15) is 49.4 Å². The molecule has 4 nitrogen and oxygen atoms in total. The van der Waals surface area contributed by atoms with Crippen molar-refractivity contribution in [3.8, 4) is 0 Å². The summed E-state index contributed by atoms with van der Waals surface area (Å²) in [4.78, 5) is 26.2. The Morgan fingerprint density at radius 3 is 2.17 bits per heavy atom. The summed E-state index contributed by atoms with van der Waals surface area (Å²) in [6.45, 7) is 12.2. The molecule has 1 atom stereocenters. The van der Waals surface area contributed by atoms with Crippen molar-refractivity contribution < 1.29 is 14.3 Å². The van der Waals surface area contributed by atoms with E-state index in [2.05, 4.69) is 19.1 Å². The van der Waals surface area contributed by atoms with Crippen molar-refractivity contribution in [2.45, 2.75) is 60.4 Å². The number of hydrogen-bond acceptors (Lipinski definition) is 3. The van der Waals surface area contributed by atoms with E-state index >= 15 is 0 Å². The Hall–Kier alpha value is -1.84. The Labute approximate surface area is 139 Å². The Morgan fingerprint density at radius 2 is 1.70 bits per heavy atom. The van der Waals surface area contributed by atoms with E-state index in [0.29, 0.717) is 13.0 Å². The normalized spacial score (nSPS) is 11.9. The van der Waals surface area contributed by atoms with Gasteiger partial charge in [-0.25, -0.2) is 0 Å². The highest BCUT2D eigenvalue weighted by molar-refractivity contribution is 5.84. The van der Waals surface area contributed by atoms with Crippen LogP contribution in [0.5, 0.6) is 0 Å². The van der Waals surface area contributed by atoms with E-state index in [1.54, 1.807) is 11.8 Å². The molecule has 0 aromatic heterocycles. The zero-order valence-corrected chi connectivity index (χ0v) is 15.2. The molecule has 4 heteroatoms. The molecule has 0 N–H and O–H groups in total. The molecule has 0 fully saturated rings. The van der Waals surface area contributed by atoms with Crippen LogP contribution in [-0.4, -0.2) is 36.0 Å². The second kappa shape index (κ2) is 8.70. The Kier molecular flexibility index (Phi) is 7.27. The van der Waals surface area contributed by atoms with Gasteiger partial charge in [-0.3, -0.25) is 9.59 Å². The van der Waals surface area contributed by atoms with Crippen molar-refractivity contribution >= 4 is 11.9 Å². The molecule has 1 rings (SSSR count). The van der Waals surface area contributed by atoms with Crippen LogP contribution in [0.25, 0.3) is 0 Å². The van der Waals surface area contributed by atoms with E-state index in [-0.39, 0.29) is 24.5 Å². The van der Waals surface area contributed by atoms with Crippen molar-refractivity contribution in [1.29, 1.82) is 0 Å². The fourth-order valence-electron chi connectivity index (χ4n) is 2.80. The number of ether oxygens (including phenoxy) is 1. The molecule has 0 spiro atoms. The molecule has 1 amide bonds. The fourth-order valence-corrected chi connectivity index (χ4v) is 2.80. The predicted molar refractivity (Wildman–Crippen MR) is 92.5 cm³/mol. The van der Waals surface area contributed by atoms with Gasteiger partial charge < -0.3 is 9.64 Å². The first kappa shape index (κ1) is 19.2. The van der Waals surface area contributed by atoms with Crippen molar-refractivity contribution in [2.24, 2.45) is 0 Å². The molecule has 0 bridgehead atoms. The minimum absolute atomic E-state index is 0.0120. The van der Waals surface area contributed by atoms with Crippen LogP contribution in [0.2, 0.25) is 0 Å². The number of benzene rings is 1. The minimum atomic E-state index is -0.349. The van der Waals surface area contributed by atoms with Gasteiger partial charge in [0.05, 0.1) is 13.0 Å². The summed E-state index contributed by atoms with van der Waals surface area (Å²) >= 11 is 0. The van der Waals surface area contributed by atoms with E-state index in [4.69, 9.17) is 4.74 Å². The highest BCUT2D eigenvalue weighted by Crippen LogP contribution is 2.18. The van der Waals surface area contributed by atoms with Crippen molar-refractivity contribution in [1.82, 2.24) is 4.90 Å². The Bertz CT molecular complexity index is 543. The van der Waals surface area contributed by atoms with Crippen LogP contribution in [0.15, 0.2) is 12.1 Å². The average molecular weight is 319 g/mol. The van der Waals surface area contributed by atoms with Crippen LogP contribution in [0.4, 0.5) is 0 Å². The summed E-state index contributed by atoms with van der Waals surface area (Å²) in [7, 11) is 0. The molecule has 128 valence electrons. The highest BCUT2D eigenvalue weighted by atomic mass is 16.5. The van der Waals surface area contributed by atoms with Gasteiger partial charge in [-0.15, -0.1) is 0 Å². The van der Waals surface area contributed by atoms with Gasteiger partial charge in [-0.1, -0.05) is 24.6 Å². The number of aryl methyl sites for hydroxylation is 3. The van der Waals surface area contributed by atoms with E-state index in [9.17, 15) is 9.59 Å². The van der Waals surface area contributed by atoms with Crippen LogP contribution < -0.4 is 0 Å². The van der Waals surface area contributed by atoms with Gasteiger partial charge in [-0.05, 0) is 57.7 Å². The molecule has 23 heavy (non-hydrogen) atoms. The first-order valence-corrected chi connectivity index (χ1v) is 8.31. The zero-order chi connectivity index (χ0) is 17.6. The molecular weight excluding hydrogens is 290 g/mol. The largest absolute Gasteiger partial charge is 0.465 e. The lowest BCUT2D eigenvalue weighted by Gasteiger charge is -2.28. The monoisotopic (exact) mass is 319 g/mol. The lowest BCUT2D eigenvalue weighted by atomic mass is 9.96. The molecule has 0 saturated heterocycles. The number of amides is 1. The lowest BCUT2D eigenvalue weighted by molar-refractivity contribution is -0.150. The Balaban J connectivity index is 2.95. The van der Waals surface area contributed by atoms with Crippen molar-refractivity contribution in [3.05, 3.63) is 34.4 Å². The van der Waals surface area contributed by atoms with Gasteiger partial charge >= 0.3 is 5.97 Å². The van der Waals surface area contributed by atoms with Crippen LogP contribution in [-0.2, 0) is 20.7 Å². The first-order valence-electron chi connectivity index (χ1n) is 8.31. The van der Waals surface area contributed by atoms with Gasteiger partial charge in [0.15, 0.2) is 0 Å². The number of hydrogen-bond donors (Lipinski definition) is 0. The van der Waals surface area contributed by atoms with E-state index in [0.717, 1.165) is 23.1 Å². The summed E-state index contributed by atoms with van der Waals surface area (Å²) in [6, 6.07) is 4.20. The third-order valence-electron chi connectivity index (χ3n) is 4.22. The number of carbonyl (C=O) groups excluding carboxylic acids is 2. The summed E-state index contributed by atoms with van der Waals surface area (Å²) in [5.41, 5.74) is 4.49. The minimum Gasteiger partial charge on any atom is -0.465 e. The zero-order valence-electron chi connectivity index (χ0n) is 15.2. The predicted octanol–water partition coefficient (Wildman–Crippen LogP) is 3.34. The molecule has 0 aliphatic rings. The second-order valence-electron chi connectivity index (χ2n) is 6.14. The number of carbonyl (C=O) groups is 2. The van der Waals surface area contributed by atoms with E-state index in [1.807, 2.05) is 27.7 Å². The third kappa shape index (κ3) is 5.38. The van der Waals surface area contributed by atoms with Gasteiger partial charge in [0.2, 0.25) is 5.91 Å². The molecule has 1 aromatic rings. The number of nitrogens with zero attached hydrogens (tertiary/aromatic N) is 1. The lowest BCUT2D eigenvalue weighted by Crippen LogP contribution is -2.43. The standard InChI is InChI=1S/C19H29NO3/c1-7-16(6)20(12-19(22)23-8-2)18(21)11-17-14(4)9-13(3)10-15(17)5/h9-10,16H,7-8,11-12H2,1-6H3. The van der Waals surface area contributed by atoms with Gasteiger partial charge in [-0.2, -0.15) is 0 Å². The summed E-state index contributed by atoms with van der Waals surface area (Å²) in [6.07, 6.45) is 1.12. The quantitative estimate of drug-likeness (QED) is 0.724. The van der Waals surface area contributed by atoms with Crippen LogP contribution in [0.3, 0.4) is 0 Å². The number of rotatable bonds is 7. The van der Waals surface area contributed by atoms with Crippen LogP contribution in [0, 0.1) is 20.8 Å². The molecule has 0 aliphatic carbocycles. The molecule has 0 saturated carbocycles. The maximum atomic E-state index is 12.8. The molecular formula is C19H29NO3. The van der Waals surface area contributed by atoms with Gasteiger partial charge in [0.1, 0.15) is 6.54 Å².